The van der Waals surface area contributed by atoms with Crippen LogP contribution in [-0.2, 0) is 0 Å². The maximum atomic E-state index is 5.04. The highest BCUT2D eigenvalue weighted by molar-refractivity contribution is 7.98. The average Bonchev–Trinajstić information content (AvgIpc) is 1.97. The first-order valence-electron chi connectivity index (χ1n) is 3.62. The maximum absolute atomic E-state index is 5.04. The molecule has 66 valence electrons. The Morgan fingerprint density at radius 2 is 2.18 bits per heavy atom. The first-order chi connectivity index (χ1) is 5.18. The molecule has 0 saturated carbocycles. The van der Waals surface area contributed by atoms with E-state index in [0.29, 0.717) is 0 Å². The first-order valence-corrected chi connectivity index (χ1v) is 5.42. The van der Waals surface area contributed by atoms with Gasteiger partial charge in [0.15, 0.2) is 5.11 Å². The lowest BCUT2D eigenvalue weighted by atomic mass is 10.5. The molecule has 0 fully saturated rings. The minimum absolute atomic E-state index is 0.825. The zero-order chi connectivity index (χ0) is 8.69. The molecule has 0 aliphatic heterocycles. The van der Waals surface area contributed by atoms with Crippen LogP contribution in [0.2, 0.25) is 0 Å². The lowest BCUT2D eigenvalue weighted by molar-refractivity contribution is 0.599. The van der Waals surface area contributed by atoms with Crippen LogP contribution in [0, 0.1) is 0 Å². The van der Waals surface area contributed by atoms with Crippen molar-refractivity contribution in [3.63, 3.8) is 0 Å². The van der Waals surface area contributed by atoms with Crippen LogP contribution in [0.1, 0.15) is 6.42 Å². The second-order valence-electron chi connectivity index (χ2n) is 2.47. The molecule has 4 heteroatoms. The summed E-state index contributed by atoms with van der Waals surface area (Å²) in [6.45, 7) is 0.984. The molecule has 0 unspecified atom stereocenters. The van der Waals surface area contributed by atoms with Crippen molar-refractivity contribution in [3.8, 4) is 0 Å². The molecule has 0 saturated heterocycles. The molecule has 0 bridgehead atoms. The van der Waals surface area contributed by atoms with Gasteiger partial charge in [-0.05, 0) is 30.6 Å². The summed E-state index contributed by atoms with van der Waals surface area (Å²) in [5.74, 6) is 1.20. The van der Waals surface area contributed by atoms with Crippen molar-refractivity contribution < 1.29 is 0 Å². The van der Waals surface area contributed by atoms with E-state index in [1.807, 2.05) is 30.8 Å². The van der Waals surface area contributed by atoms with E-state index in [1.165, 1.54) is 12.2 Å². The molecule has 0 amide bonds. The molecule has 0 aromatic carbocycles. The molecule has 0 radical (unpaired) electrons. The van der Waals surface area contributed by atoms with Gasteiger partial charge in [0, 0.05) is 20.6 Å². The summed E-state index contributed by atoms with van der Waals surface area (Å²) in [7, 11) is 3.90. The Labute approximate surface area is 78.7 Å². The van der Waals surface area contributed by atoms with Crippen molar-refractivity contribution >= 4 is 29.1 Å². The summed E-state index contributed by atoms with van der Waals surface area (Å²) in [5.41, 5.74) is 0. The lowest BCUT2D eigenvalue weighted by Crippen LogP contribution is -2.34. The van der Waals surface area contributed by atoms with Crippen LogP contribution in [0.3, 0.4) is 0 Å². The second-order valence-corrected chi connectivity index (χ2v) is 3.85. The Bertz CT molecular complexity index is 115. The van der Waals surface area contributed by atoms with Crippen LogP contribution in [0.4, 0.5) is 0 Å². The molecule has 0 aliphatic carbocycles. The molecule has 11 heavy (non-hydrogen) atoms. The van der Waals surface area contributed by atoms with E-state index in [9.17, 15) is 0 Å². The van der Waals surface area contributed by atoms with Crippen molar-refractivity contribution in [2.45, 2.75) is 6.42 Å². The number of thiocarbonyl (C=S) groups is 1. The van der Waals surface area contributed by atoms with Crippen LogP contribution in [0.25, 0.3) is 0 Å². The second kappa shape index (κ2) is 6.73. The first kappa shape index (κ1) is 11.0. The fraction of sp³-hybridized carbons (Fsp3) is 0.857. The molecule has 0 atom stereocenters. The molecule has 0 aromatic heterocycles. The molecular weight excluding hydrogens is 176 g/mol. The highest BCUT2D eigenvalue weighted by Gasteiger charge is 1.94. The van der Waals surface area contributed by atoms with Crippen molar-refractivity contribution in [1.29, 1.82) is 0 Å². The van der Waals surface area contributed by atoms with Gasteiger partial charge in [-0.25, -0.2) is 0 Å². The Morgan fingerprint density at radius 1 is 1.55 bits per heavy atom. The number of nitrogens with one attached hydrogen (secondary N) is 1. The van der Waals surface area contributed by atoms with E-state index in [0.717, 1.165) is 11.7 Å². The van der Waals surface area contributed by atoms with Gasteiger partial charge < -0.3 is 10.2 Å². The number of nitrogens with zero attached hydrogens (tertiary/aromatic N) is 1. The van der Waals surface area contributed by atoms with Gasteiger partial charge in [-0.1, -0.05) is 0 Å². The van der Waals surface area contributed by atoms with Gasteiger partial charge in [-0.2, -0.15) is 11.8 Å². The number of thioether (sulfide) groups is 1. The highest BCUT2D eigenvalue weighted by Crippen LogP contribution is 1.93. The third kappa shape index (κ3) is 6.44. The van der Waals surface area contributed by atoms with Crippen LogP contribution in [-0.4, -0.2) is 42.7 Å². The monoisotopic (exact) mass is 192 g/mol. The Morgan fingerprint density at radius 3 is 2.64 bits per heavy atom. The summed E-state index contributed by atoms with van der Waals surface area (Å²) in [5, 5.41) is 3.99. The fourth-order valence-corrected chi connectivity index (χ4v) is 1.11. The summed E-state index contributed by atoms with van der Waals surface area (Å²) >= 11 is 6.90. The highest BCUT2D eigenvalue weighted by atomic mass is 32.2. The standard InChI is InChI=1S/C7H16N2S2/c1-9(2)7(10)8-5-4-6-11-3/h4-6H2,1-3H3,(H,8,10). The normalized spacial score (nSPS) is 9.36. The lowest BCUT2D eigenvalue weighted by Gasteiger charge is -2.14. The summed E-state index contributed by atoms with van der Waals surface area (Å²) in [6, 6.07) is 0. The van der Waals surface area contributed by atoms with E-state index < -0.39 is 0 Å². The summed E-state index contributed by atoms with van der Waals surface area (Å²) in [4.78, 5) is 1.91. The van der Waals surface area contributed by atoms with Crippen LogP contribution in [0.5, 0.6) is 0 Å². The molecule has 0 aliphatic rings. The smallest absolute Gasteiger partial charge is 0.168 e. The Balaban J connectivity index is 3.18. The molecular formula is C7H16N2S2. The quantitative estimate of drug-likeness (QED) is 0.531. The average molecular weight is 192 g/mol. The molecule has 0 heterocycles. The van der Waals surface area contributed by atoms with Gasteiger partial charge in [0.05, 0.1) is 0 Å². The van der Waals surface area contributed by atoms with E-state index in [4.69, 9.17) is 12.2 Å². The van der Waals surface area contributed by atoms with E-state index in [1.54, 1.807) is 0 Å². The van der Waals surface area contributed by atoms with Crippen LogP contribution < -0.4 is 5.32 Å². The zero-order valence-electron chi connectivity index (χ0n) is 7.39. The number of rotatable bonds is 4. The molecule has 0 spiro atoms. The zero-order valence-corrected chi connectivity index (χ0v) is 9.02. The maximum Gasteiger partial charge on any atom is 0.168 e. The van der Waals surface area contributed by atoms with Gasteiger partial charge in [0.2, 0.25) is 0 Å². The largest absolute Gasteiger partial charge is 0.363 e. The molecule has 2 nitrogen and oxygen atoms in total. The van der Waals surface area contributed by atoms with Gasteiger partial charge in [0.25, 0.3) is 0 Å². The minimum Gasteiger partial charge on any atom is -0.363 e. The van der Waals surface area contributed by atoms with E-state index in [2.05, 4.69) is 11.6 Å². The summed E-state index contributed by atoms with van der Waals surface area (Å²) in [6.07, 6.45) is 3.29. The van der Waals surface area contributed by atoms with Gasteiger partial charge >= 0.3 is 0 Å². The molecule has 0 rings (SSSR count). The van der Waals surface area contributed by atoms with Crippen molar-refractivity contribution in [1.82, 2.24) is 10.2 Å². The predicted molar refractivity (Wildman–Crippen MR) is 57.3 cm³/mol. The van der Waals surface area contributed by atoms with Crippen molar-refractivity contribution in [2.24, 2.45) is 0 Å². The Hall–Kier alpha value is 0.0400. The Kier molecular flexibility index (Phi) is 6.76. The van der Waals surface area contributed by atoms with Gasteiger partial charge in [-0.3, -0.25) is 0 Å². The van der Waals surface area contributed by atoms with Crippen molar-refractivity contribution in [3.05, 3.63) is 0 Å². The molecule has 1 N–H and O–H groups in total. The SMILES string of the molecule is CSCCCNC(=S)N(C)C. The van der Waals surface area contributed by atoms with Gasteiger partial charge in [0.1, 0.15) is 0 Å². The van der Waals surface area contributed by atoms with Gasteiger partial charge in [-0.15, -0.1) is 0 Å². The summed E-state index contributed by atoms with van der Waals surface area (Å²) < 4.78 is 0. The van der Waals surface area contributed by atoms with E-state index >= 15 is 0 Å². The van der Waals surface area contributed by atoms with Crippen LogP contribution >= 0.6 is 24.0 Å². The molecule has 0 aromatic rings. The van der Waals surface area contributed by atoms with Crippen LogP contribution in [0.15, 0.2) is 0 Å². The third-order valence-corrected chi connectivity index (χ3v) is 2.41. The van der Waals surface area contributed by atoms with Crippen molar-refractivity contribution in [2.75, 3.05) is 32.6 Å². The fourth-order valence-electron chi connectivity index (χ4n) is 0.570. The number of hydrogen-bond donors (Lipinski definition) is 1. The minimum atomic E-state index is 0.825. The number of hydrogen-bond acceptors (Lipinski definition) is 2. The predicted octanol–water partition coefficient (Wildman–Crippen LogP) is 1.18. The topological polar surface area (TPSA) is 15.3 Å². The van der Waals surface area contributed by atoms with E-state index in [-0.39, 0.29) is 0 Å². The third-order valence-electron chi connectivity index (χ3n) is 1.21.